The van der Waals surface area contributed by atoms with E-state index in [1.807, 2.05) is 5.57 Å². The molecule has 4 aliphatic rings. The molecule has 1 nitrogen and oxygen atoms in total. The van der Waals surface area contributed by atoms with Crippen LogP contribution in [0.4, 0.5) is 0 Å². The SMILES string of the molecule is CC1CCC2NC3=C(CC4CCCCC34)C2C1. The molecule has 5 atom stereocenters. The van der Waals surface area contributed by atoms with Gasteiger partial charge in [0.2, 0.25) is 0 Å². The van der Waals surface area contributed by atoms with E-state index in [-0.39, 0.29) is 0 Å². The molecule has 4 rings (SSSR count). The molecule has 1 heterocycles. The first-order chi connectivity index (χ1) is 8.33. The summed E-state index contributed by atoms with van der Waals surface area (Å²) in [6.45, 7) is 2.46. The summed E-state index contributed by atoms with van der Waals surface area (Å²) < 4.78 is 0. The molecule has 0 saturated heterocycles. The minimum Gasteiger partial charge on any atom is -0.385 e. The Balaban J connectivity index is 1.60. The van der Waals surface area contributed by atoms with Crippen molar-refractivity contribution in [3.63, 3.8) is 0 Å². The van der Waals surface area contributed by atoms with Gasteiger partial charge in [0.25, 0.3) is 0 Å². The van der Waals surface area contributed by atoms with Gasteiger partial charge in [-0.05, 0) is 55.9 Å². The van der Waals surface area contributed by atoms with Crippen LogP contribution in [-0.4, -0.2) is 6.04 Å². The maximum Gasteiger partial charge on any atom is 0.0324 e. The molecule has 0 radical (unpaired) electrons. The first-order valence-corrected chi connectivity index (χ1v) is 7.82. The summed E-state index contributed by atoms with van der Waals surface area (Å²) in [4.78, 5) is 0. The first-order valence-electron chi connectivity index (χ1n) is 7.82. The van der Waals surface area contributed by atoms with Crippen LogP contribution in [0.3, 0.4) is 0 Å². The van der Waals surface area contributed by atoms with Crippen LogP contribution in [-0.2, 0) is 0 Å². The fourth-order valence-corrected chi connectivity index (χ4v) is 5.15. The molecule has 2 fully saturated rings. The van der Waals surface area contributed by atoms with E-state index in [1.54, 1.807) is 5.70 Å². The predicted octanol–water partition coefficient (Wildman–Crippen LogP) is 3.86. The van der Waals surface area contributed by atoms with E-state index in [0.29, 0.717) is 0 Å². The van der Waals surface area contributed by atoms with Crippen molar-refractivity contribution < 1.29 is 0 Å². The van der Waals surface area contributed by atoms with Crippen molar-refractivity contribution in [2.75, 3.05) is 0 Å². The van der Waals surface area contributed by atoms with E-state index in [9.17, 15) is 0 Å². The average Bonchev–Trinajstić information content (AvgIpc) is 2.85. The molecule has 0 bridgehead atoms. The summed E-state index contributed by atoms with van der Waals surface area (Å²) in [6.07, 6.45) is 11.8. The highest BCUT2D eigenvalue weighted by Crippen LogP contribution is 2.53. The van der Waals surface area contributed by atoms with Gasteiger partial charge in [-0.3, -0.25) is 0 Å². The van der Waals surface area contributed by atoms with Gasteiger partial charge in [0.1, 0.15) is 0 Å². The van der Waals surface area contributed by atoms with E-state index in [1.165, 1.54) is 51.4 Å². The lowest BCUT2D eigenvalue weighted by atomic mass is 9.75. The summed E-state index contributed by atoms with van der Waals surface area (Å²) >= 11 is 0. The van der Waals surface area contributed by atoms with E-state index >= 15 is 0 Å². The Hall–Kier alpha value is -0.460. The highest BCUT2D eigenvalue weighted by atomic mass is 15.0. The van der Waals surface area contributed by atoms with E-state index < -0.39 is 0 Å². The van der Waals surface area contributed by atoms with Crippen LogP contribution in [0, 0.1) is 23.7 Å². The molecule has 3 aliphatic carbocycles. The van der Waals surface area contributed by atoms with Crippen LogP contribution in [0.25, 0.3) is 0 Å². The summed E-state index contributed by atoms with van der Waals surface area (Å²) in [5.41, 5.74) is 3.64. The maximum atomic E-state index is 3.95. The third-order valence-electron chi connectivity index (χ3n) is 6.01. The van der Waals surface area contributed by atoms with Gasteiger partial charge in [-0.25, -0.2) is 0 Å². The number of hydrogen-bond acceptors (Lipinski definition) is 1. The van der Waals surface area contributed by atoms with Crippen molar-refractivity contribution in [1.29, 1.82) is 0 Å². The molecule has 1 N–H and O–H groups in total. The van der Waals surface area contributed by atoms with Gasteiger partial charge in [0.15, 0.2) is 0 Å². The zero-order valence-electron chi connectivity index (χ0n) is 11.0. The molecule has 17 heavy (non-hydrogen) atoms. The van der Waals surface area contributed by atoms with Crippen LogP contribution < -0.4 is 5.32 Å². The van der Waals surface area contributed by atoms with E-state index in [0.717, 1.165) is 29.7 Å². The molecule has 2 saturated carbocycles. The van der Waals surface area contributed by atoms with Gasteiger partial charge < -0.3 is 5.32 Å². The molecule has 1 aliphatic heterocycles. The minimum absolute atomic E-state index is 0.832. The fourth-order valence-electron chi connectivity index (χ4n) is 5.15. The zero-order valence-corrected chi connectivity index (χ0v) is 11.0. The summed E-state index contributed by atoms with van der Waals surface area (Å²) in [5, 5.41) is 3.95. The van der Waals surface area contributed by atoms with Gasteiger partial charge >= 0.3 is 0 Å². The maximum absolute atomic E-state index is 3.95. The molecule has 0 aromatic carbocycles. The van der Waals surface area contributed by atoms with Gasteiger partial charge in [-0.2, -0.15) is 0 Å². The Morgan fingerprint density at radius 3 is 2.82 bits per heavy atom. The molecule has 5 unspecified atom stereocenters. The first kappa shape index (κ1) is 10.5. The van der Waals surface area contributed by atoms with Gasteiger partial charge in [0, 0.05) is 23.6 Å². The van der Waals surface area contributed by atoms with Crippen molar-refractivity contribution in [1.82, 2.24) is 5.32 Å². The molecule has 0 spiro atoms. The van der Waals surface area contributed by atoms with Gasteiger partial charge in [-0.1, -0.05) is 19.8 Å². The Morgan fingerprint density at radius 2 is 1.88 bits per heavy atom. The van der Waals surface area contributed by atoms with Crippen LogP contribution in [0.1, 0.15) is 58.3 Å². The minimum atomic E-state index is 0.832. The fraction of sp³-hybridized carbons (Fsp3) is 0.875. The molecular formula is C16H25N. The molecule has 94 valence electrons. The largest absolute Gasteiger partial charge is 0.385 e. The summed E-state index contributed by atoms with van der Waals surface area (Å²) in [5.74, 6) is 3.87. The number of hydrogen-bond donors (Lipinski definition) is 1. The highest BCUT2D eigenvalue weighted by molar-refractivity contribution is 5.33. The Kier molecular flexibility index (Phi) is 2.32. The molecular weight excluding hydrogens is 206 g/mol. The van der Waals surface area contributed by atoms with Crippen molar-refractivity contribution in [3.05, 3.63) is 11.3 Å². The van der Waals surface area contributed by atoms with Crippen LogP contribution in [0.2, 0.25) is 0 Å². The lowest BCUT2D eigenvalue weighted by molar-refractivity contribution is 0.229. The quantitative estimate of drug-likeness (QED) is 0.667. The van der Waals surface area contributed by atoms with E-state index in [2.05, 4.69) is 12.2 Å². The van der Waals surface area contributed by atoms with Gasteiger partial charge in [-0.15, -0.1) is 0 Å². The normalized spacial score (nSPS) is 48.4. The standard InChI is InChI=1S/C16H25N/c1-10-6-7-15-13(8-10)14-9-11-4-2-3-5-12(11)16(14)17-15/h10-13,15,17H,2-9H2,1H3. The predicted molar refractivity (Wildman–Crippen MR) is 70.5 cm³/mol. The molecule has 0 aromatic heterocycles. The van der Waals surface area contributed by atoms with Crippen molar-refractivity contribution in [2.24, 2.45) is 23.7 Å². The highest BCUT2D eigenvalue weighted by Gasteiger charge is 2.46. The summed E-state index contributed by atoms with van der Waals surface area (Å²) in [7, 11) is 0. The van der Waals surface area contributed by atoms with Crippen LogP contribution in [0.15, 0.2) is 11.3 Å². The number of fused-ring (bicyclic) bond motifs is 4. The zero-order chi connectivity index (χ0) is 11.4. The Labute approximate surface area is 105 Å². The van der Waals surface area contributed by atoms with Crippen LogP contribution >= 0.6 is 0 Å². The Bertz CT molecular complexity index is 357. The van der Waals surface area contributed by atoms with Gasteiger partial charge in [0.05, 0.1) is 0 Å². The molecule has 0 aromatic rings. The number of nitrogens with one attached hydrogen (secondary N) is 1. The third kappa shape index (κ3) is 1.50. The Morgan fingerprint density at radius 1 is 1.00 bits per heavy atom. The second-order valence-electron chi connectivity index (χ2n) is 7.07. The smallest absolute Gasteiger partial charge is 0.0324 e. The lowest BCUT2D eigenvalue weighted by Gasteiger charge is -2.35. The third-order valence-corrected chi connectivity index (χ3v) is 6.01. The molecule has 1 heteroatoms. The second kappa shape index (κ2) is 3.76. The summed E-state index contributed by atoms with van der Waals surface area (Å²) in [6, 6.07) is 0.832. The van der Waals surface area contributed by atoms with E-state index in [4.69, 9.17) is 0 Å². The topological polar surface area (TPSA) is 12.0 Å². The number of allylic oxidation sites excluding steroid dienone is 1. The van der Waals surface area contributed by atoms with Crippen molar-refractivity contribution in [3.8, 4) is 0 Å². The second-order valence-corrected chi connectivity index (χ2v) is 7.07. The molecule has 0 amide bonds. The average molecular weight is 231 g/mol. The van der Waals surface area contributed by atoms with Crippen LogP contribution in [0.5, 0.6) is 0 Å². The number of rotatable bonds is 0. The van der Waals surface area contributed by atoms with Crippen molar-refractivity contribution >= 4 is 0 Å². The lowest BCUT2D eigenvalue weighted by Crippen LogP contribution is -2.37. The monoisotopic (exact) mass is 231 g/mol. The van der Waals surface area contributed by atoms with Crippen molar-refractivity contribution in [2.45, 2.75) is 64.3 Å².